The molecule has 1 aliphatic carbocycles. The van der Waals surface area contributed by atoms with Crippen LogP contribution in [0.25, 0.3) is 10.2 Å². The first-order valence-corrected chi connectivity index (χ1v) is 8.33. The van der Waals surface area contributed by atoms with Crippen LogP contribution >= 0.6 is 11.3 Å². The Bertz CT molecular complexity index is 603. The Morgan fingerprint density at radius 3 is 2.80 bits per heavy atom. The van der Waals surface area contributed by atoms with Crippen LogP contribution in [0.3, 0.4) is 0 Å². The predicted octanol–water partition coefficient (Wildman–Crippen LogP) is 3.81. The molecule has 1 fully saturated rings. The highest BCUT2D eigenvalue weighted by Crippen LogP contribution is 2.37. The summed E-state index contributed by atoms with van der Waals surface area (Å²) in [5.41, 5.74) is 0. The van der Waals surface area contributed by atoms with E-state index in [1.54, 1.807) is 11.3 Å². The van der Waals surface area contributed by atoms with Gasteiger partial charge in [0.05, 0.1) is 5.39 Å². The van der Waals surface area contributed by atoms with Crippen LogP contribution in [0.5, 0.6) is 0 Å². The molecule has 2 aromatic heterocycles. The zero-order chi connectivity index (χ0) is 14.1. The Labute approximate surface area is 124 Å². The summed E-state index contributed by atoms with van der Waals surface area (Å²) < 4.78 is 0. The van der Waals surface area contributed by atoms with Crippen LogP contribution in [0, 0.1) is 6.92 Å². The van der Waals surface area contributed by atoms with Crippen molar-refractivity contribution in [2.24, 2.45) is 0 Å². The summed E-state index contributed by atoms with van der Waals surface area (Å²) in [6.45, 7) is 8.45. The average molecular weight is 290 g/mol. The van der Waals surface area contributed by atoms with Crippen molar-refractivity contribution in [3.8, 4) is 0 Å². The predicted molar refractivity (Wildman–Crippen MR) is 87.0 cm³/mol. The summed E-state index contributed by atoms with van der Waals surface area (Å²) in [4.78, 5) is 14.3. The number of nitrogens with zero attached hydrogens (tertiary/aromatic N) is 3. The fourth-order valence-electron chi connectivity index (χ4n) is 2.53. The van der Waals surface area contributed by atoms with Gasteiger partial charge in [0.25, 0.3) is 0 Å². The van der Waals surface area contributed by atoms with Gasteiger partial charge in [0.2, 0.25) is 5.95 Å². The number of hydrogen-bond donors (Lipinski definition) is 1. The fraction of sp³-hybridized carbons (Fsp3) is 0.600. The summed E-state index contributed by atoms with van der Waals surface area (Å²) in [6, 6.07) is 2.90. The van der Waals surface area contributed by atoms with Crippen LogP contribution in [0.15, 0.2) is 6.07 Å². The SMILES string of the molecule is CCCNc1nc(N(CC)C2CC2)c2cc(C)sc2n1. The van der Waals surface area contributed by atoms with Gasteiger partial charge in [-0.15, -0.1) is 11.3 Å². The van der Waals surface area contributed by atoms with Gasteiger partial charge < -0.3 is 10.2 Å². The van der Waals surface area contributed by atoms with Crippen LogP contribution in [-0.2, 0) is 0 Å². The van der Waals surface area contributed by atoms with Gasteiger partial charge in [-0.05, 0) is 39.2 Å². The largest absolute Gasteiger partial charge is 0.354 e. The number of fused-ring (bicyclic) bond motifs is 1. The molecule has 2 heterocycles. The van der Waals surface area contributed by atoms with E-state index in [-0.39, 0.29) is 0 Å². The van der Waals surface area contributed by atoms with E-state index >= 15 is 0 Å². The number of aryl methyl sites for hydroxylation is 1. The number of thiophene rings is 1. The quantitative estimate of drug-likeness (QED) is 0.878. The topological polar surface area (TPSA) is 41.1 Å². The maximum atomic E-state index is 4.79. The van der Waals surface area contributed by atoms with Crippen LogP contribution in [-0.4, -0.2) is 29.1 Å². The zero-order valence-electron chi connectivity index (χ0n) is 12.4. The molecule has 0 bridgehead atoms. The Balaban J connectivity index is 2.05. The monoisotopic (exact) mass is 290 g/mol. The molecule has 0 saturated heterocycles. The van der Waals surface area contributed by atoms with Crippen molar-refractivity contribution in [3.63, 3.8) is 0 Å². The molecule has 20 heavy (non-hydrogen) atoms. The van der Waals surface area contributed by atoms with Gasteiger partial charge in [0.15, 0.2) is 0 Å². The van der Waals surface area contributed by atoms with Crippen LogP contribution < -0.4 is 10.2 Å². The molecule has 0 spiro atoms. The summed E-state index contributed by atoms with van der Waals surface area (Å²) in [5, 5.41) is 4.54. The van der Waals surface area contributed by atoms with E-state index in [1.807, 2.05) is 0 Å². The summed E-state index contributed by atoms with van der Waals surface area (Å²) in [7, 11) is 0. The van der Waals surface area contributed by atoms with Crippen molar-refractivity contribution in [3.05, 3.63) is 10.9 Å². The second kappa shape index (κ2) is 5.56. The highest BCUT2D eigenvalue weighted by atomic mass is 32.1. The molecule has 0 amide bonds. The van der Waals surface area contributed by atoms with Gasteiger partial charge in [0, 0.05) is 24.0 Å². The molecule has 5 heteroatoms. The van der Waals surface area contributed by atoms with Gasteiger partial charge in [0.1, 0.15) is 10.6 Å². The van der Waals surface area contributed by atoms with E-state index in [0.717, 1.165) is 36.1 Å². The second-order valence-corrected chi connectivity index (χ2v) is 6.63. The highest BCUT2D eigenvalue weighted by Gasteiger charge is 2.30. The molecule has 0 atom stereocenters. The third-order valence-electron chi connectivity index (χ3n) is 3.63. The van der Waals surface area contributed by atoms with Gasteiger partial charge in [-0.3, -0.25) is 0 Å². The molecule has 1 N–H and O–H groups in total. The highest BCUT2D eigenvalue weighted by molar-refractivity contribution is 7.18. The van der Waals surface area contributed by atoms with E-state index in [4.69, 9.17) is 4.98 Å². The van der Waals surface area contributed by atoms with Gasteiger partial charge in [-0.2, -0.15) is 4.98 Å². The molecule has 1 aliphatic rings. The molecule has 2 aromatic rings. The Morgan fingerprint density at radius 1 is 1.35 bits per heavy atom. The molecule has 0 aliphatic heterocycles. The van der Waals surface area contributed by atoms with E-state index in [9.17, 15) is 0 Å². The molecule has 0 unspecified atom stereocenters. The van der Waals surface area contributed by atoms with Crippen LogP contribution in [0.4, 0.5) is 11.8 Å². The minimum absolute atomic E-state index is 0.678. The second-order valence-electron chi connectivity index (χ2n) is 5.39. The Hall–Kier alpha value is -1.36. The lowest BCUT2D eigenvalue weighted by molar-refractivity contribution is 0.811. The normalized spacial score (nSPS) is 14.8. The lowest BCUT2D eigenvalue weighted by atomic mass is 10.3. The lowest BCUT2D eigenvalue weighted by Crippen LogP contribution is -2.26. The molecule has 108 valence electrons. The third kappa shape index (κ3) is 2.59. The first-order valence-electron chi connectivity index (χ1n) is 7.51. The number of rotatable bonds is 6. The number of anilines is 2. The van der Waals surface area contributed by atoms with E-state index in [2.05, 4.69) is 42.0 Å². The van der Waals surface area contributed by atoms with Crippen molar-refractivity contribution in [1.82, 2.24) is 9.97 Å². The van der Waals surface area contributed by atoms with E-state index < -0.39 is 0 Å². The molecule has 0 radical (unpaired) electrons. The standard InChI is InChI=1S/C15H22N4S/c1-4-8-16-15-17-13(19(5-2)11-6-7-11)12-9-10(3)20-14(12)18-15/h9,11H,4-8H2,1-3H3,(H,16,17,18). The summed E-state index contributed by atoms with van der Waals surface area (Å²) in [6.07, 6.45) is 3.67. The third-order valence-corrected chi connectivity index (χ3v) is 4.57. The van der Waals surface area contributed by atoms with Crippen molar-refractivity contribution in [2.45, 2.75) is 46.1 Å². The molecular formula is C15H22N4S. The van der Waals surface area contributed by atoms with Crippen molar-refractivity contribution >= 4 is 33.3 Å². The Morgan fingerprint density at radius 2 is 2.15 bits per heavy atom. The first kappa shape index (κ1) is 13.6. The molecule has 3 rings (SSSR count). The fourth-order valence-corrected chi connectivity index (χ4v) is 3.40. The van der Waals surface area contributed by atoms with Crippen molar-refractivity contribution < 1.29 is 0 Å². The van der Waals surface area contributed by atoms with Crippen molar-refractivity contribution in [2.75, 3.05) is 23.3 Å². The minimum Gasteiger partial charge on any atom is -0.354 e. The molecule has 4 nitrogen and oxygen atoms in total. The zero-order valence-corrected chi connectivity index (χ0v) is 13.3. The Kier molecular flexibility index (Phi) is 3.78. The average Bonchev–Trinajstić information content (AvgIpc) is 3.18. The van der Waals surface area contributed by atoms with E-state index in [1.165, 1.54) is 23.1 Å². The minimum atomic E-state index is 0.678. The van der Waals surface area contributed by atoms with Crippen LogP contribution in [0.2, 0.25) is 0 Å². The summed E-state index contributed by atoms with van der Waals surface area (Å²) in [5.74, 6) is 1.89. The van der Waals surface area contributed by atoms with Gasteiger partial charge in [-0.1, -0.05) is 6.92 Å². The van der Waals surface area contributed by atoms with Crippen LogP contribution in [0.1, 0.15) is 38.0 Å². The maximum absolute atomic E-state index is 4.79. The maximum Gasteiger partial charge on any atom is 0.226 e. The summed E-state index contributed by atoms with van der Waals surface area (Å²) >= 11 is 1.76. The number of hydrogen-bond acceptors (Lipinski definition) is 5. The first-order chi connectivity index (χ1) is 9.72. The number of nitrogens with one attached hydrogen (secondary N) is 1. The smallest absolute Gasteiger partial charge is 0.226 e. The molecule has 1 saturated carbocycles. The van der Waals surface area contributed by atoms with Crippen molar-refractivity contribution in [1.29, 1.82) is 0 Å². The van der Waals surface area contributed by atoms with Gasteiger partial charge in [-0.25, -0.2) is 4.98 Å². The van der Waals surface area contributed by atoms with E-state index in [0.29, 0.717) is 6.04 Å². The molecule has 0 aromatic carbocycles. The molecular weight excluding hydrogens is 268 g/mol. The lowest BCUT2D eigenvalue weighted by Gasteiger charge is -2.22. The number of aromatic nitrogens is 2. The van der Waals surface area contributed by atoms with Gasteiger partial charge >= 0.3 is 0 Å².